The van der Waals surface area contributed by atoms with E-state index in [-0.39, 0.29) is 0 Å². The van der Waals surface area contributed by atoms with E-state index < -0.39 is 11.7 Å². The van der Waals surface area contributed by atoms with E-state index in [2.05, 4.69) is 6.92 Å². The fourth-order valence-electron chi connectivity index (χ4n) is 5.22. The van der Waals surface area contributed by atoms with E-state index in [1.807, 2.05) is 0 Å². The van der Waals surface area contributed by atoms with E-state index in [0.29, 0.717) is 18.3 Å². The Morgan fingerprint density at radius 3 is 1.86 bits per heavy atom. The molecule has 1 aromatic carbocycles. The highest BCUT2D eigenvalue weighted by molar-refractivity contribution is 5.28. The van der Waals surface area contributed by atoms with E-state index in [9.17, 15) is 13.2 Å². The van der Waals surface area contributed by atoms with Gasteiger partial charge in [0.15, 0.2) is 0 Å². The third-order valence-electron chi connectivity index (χ3n) is 7.08. The Labute approximate surface area is 168 Å². The third-order valence-corrected chi connectivity index (χ3v) is 7.08. The molecule has 0 amide bonds. The Hall–Kier alpha value is -1.19. The van der Waals surface area contributed by atoms with Gasteiger partial charge >= 0.3 is 6.18 Å². The molecule has 0 saturated heterocycles. The number of alkyl halides is 3. The summed E-state index contributed by atoms with van der Waals surface area (Å²) in [6, 6.07) is 5.07. The molecule has 2 aliphatic rings. The van der Waals surface area contributed by atoms with Crippen molar-refractivity contribution in [3.63, 3.8) is 0 Å². The van der Waals surface area contributed by atoms with Gasteiger partial charge in [0.2, 0.25) is 0 Å². The van der Waals surface area contributed by atoms with Gasteiger partial charge in [-0.05, 0) is 86.5 Å². The second-order valence-corrected chi connectivity index (χ2v) is 9.04. The predicted octanol–water partition coefficient (Wildman–Crippen LogP) is 7.89. The quantitative estimate of drug-likeness (QED) is 0.455. The zero-order valence-corrected chi connectivity index (χ0v) is 17.1. The molecule has 0 radical (unpaired) electrons. The normalized spacial score (nSPS) is 28.9. The Morgan fingerprint density at radius 1 is 0.821 bits per heavy atom. The molecule has 0 N–H and O–H groups in total. The van der Waals surface area contributed by atoms with Crippen molar-refractivity contribution in [1.82, 2.24) is 0 Å². The molecule has 0 spiro atoms. The van der Waals surface area contributed by atoms with Crippen LogP contribution in [0.4, 0.5) is 13.2 Å². The molecule has 2 fully saturated rings. The summed E-state index contributed by atoms with van der Waals surface area (Å²) in [6.07, 6.45) is 10.5. The average Bonchev–Trinajstić information content (AvgIpc) is 2.71. The van der Waals surface area contributed by atoms with Crippen LogP contribution in [0.25, 0.3) is 0 Å². The minimum atomic E-state index is -4.29. The number of benzene rings is 1. The second-order valence-electron chi connectivity index (χ2n) is 9.04. The van der Waals surface area contributed by atoms with Gasteiger partial charge in [0.1, 0.15) is 5.75 Å². The minimum Gasteiger partial charge on any atom is -0.493 e. The molecule has 3 rings (SSSR count). The first-order valence-corrected chi connectivity index (χ1v) is 11.3. The summed E-state index contributed by atoms with van der Waals surface area (Å²) in [5.41, 5.74) is -0.621. The van der Waals surface area contributed by atoms with Crippen molar-refractivity contribution in [2.45, 2.75) is 83.7 Å². The molecule has 158 valence electrons. The summed E-state index contributed by atoms with van der Waals surface area (Å²) in [7, 11) is 0. The largest absolute Gasteiger partial charge is 0.493 e. The van der Waals surface area contributed by atoms with Gasteiger partial charge < -0.3 is 4.74 Å². The van der Waals surface area contributed by atoms with Crippen LogP contribution in [0, 0.1) is 23.7 Å². The number of hydrogen-bond donors (Lipinski definition) is 0. The van der Waals surface area contributed by atoms with Crippen LogP contribution >= 0.6 is 0 Å². The SMILES string of the molecule is CCCC[C@H]1CC[C@H](C2CCC(COc3ccc(C(F)(F)F)cc3)CC2)CC1. The first-order chi connectivity index (χ1) is 13.5. The Balaban J connectivity index is 1.35. The summed E-state index contributed by atoms with van der Waals surface area (Å²) < 4.78 is 43.6. The second kappa shape index (κ2) is 10.0. The molecule has 1 nitrogen and oxygen atoms in total. The molecular weight excluding hydrogens is 361 g/mol. The zero-order chi connectivity index (χ0) is 20.0. The third kappa shape index (κ3) is 6.15. The van der Waals surface area contributed by atoms with Crippen LogP contribution in [-0.4, -0.2) is 6.61 Å². The topological polar surface area (TPSA) is 9.23 Å². The van der Waals surface area contributed by atoms with Crippen LogP contribution in [0.15, 0.2) is 24.3 Å². The molecule has 4 heteroatoms. The number of halogens is 3. The van der Waals surface area contributed by atoms with Crippen LogP contribution in [0.1, 0.15) is 83.1 Å². The molecule has 0 bridgehead atoms. The maximum atomic E-state index is 12.6. The molecule has 28 heavy (non-hydrogen) atoms. The zero-order valence-electron chi connectivity index (χ0n) is 17.1. The number of ether oxygens (including phenoxy) is 1. The Kier molecular flexibility index (Phi) is 7.70. The highest BCUT2D eigenvalue weighted by Crippen LogP contribution is 2.42. The average molecular weight is 397 g/mol. The maximum Gasteiger partial charge on any atom is 0.416 e. The fourth-order valence-corrected chi connectivity index (χ4v) is 5.22. The lowest BCUT2D eigenvalue weighted by Crippen LogP contribution is -2.27. The van der Waals surface area contributed by atoms with E-state index in [1.54, 1.807) is 0 Å². The van der Waals surface area contributed by atoms with Crippen molar-refractivity contribution >= 4 is 0 Å². The fraction of sp³-hybridized carbons (Fsp3) is 0.750. The van der Waals surface area contributed by atoms with Gasteiger partial charge in [-0.25, -0.2) is 0 Å². The molecule has 0 heterocycles. The lowest BCUT2D eigenvalue weighted by atomic mass is 9.69. The highest BCUT2D eigenvalue weighted by Gasteiger charge is 2.31. The Bertz CT molecular complexity index is 565. The van der Waals surface area contributed by atoms with Gasteiger partial charge in [-0.3, -0.25) is 0 Å². The maximum absolute atomic E-state index is 12.6. The van der Waals surface area contributed by atoms with Crippen LogP contribution in [0.2, 0.25) is 0 Å². The molecule has 0 aliphatic heterocycles. The Morgan fingerprint density at radius 2 is 1.36 bits per heavy atom. The van der Waals surface area contributed by atoms with Crippen molar-refractivity contribution < 1.29 is 17.9 Å². The van der Waals surface area contributed by atoms with E-state index >= 15 is 0 Å². The van der Waals surface area contributed by atoms with Crippen LogP contribution in [-0.2, 0) is 6.18 Å². The van der Waals surface area contributed by atoms with Gasteiger partial charge in [-0.1, -0.05) is 39.0 Å². The van der Waals surface area contributed by atoms with E-state index in [4.69, 9.17) is 4.74 Å². The number of unbranched alkanes of at least 4 members (excludes halogenated alkanes) is 1. The molecule has 0 atom stereocenters. The lowest BCUT2D eigenvalue weighted by molar-refractivity contribution is -0.137. The first-order valence-electron chi connectivity index (χ1n) is 11.3. The summed E-state index contributed by atoms with van der Waals surface area (Å²) in [5, 5.41) is 0. The monoisotopic (exact) mass is 396 g/mol. The van der Waals surface area contributed by atoms with Crippen LogP contribution in [0.5, 0.6) is 5.75 Å². The highest BCUT2D eigenvalue weighted by atomic mass is 19.4. The molecule has 0 unspecified atom stereocenters. The van der Waals surface area contributed by atoms with Gasteiger partial charge in [0.05, 0.1) is 12.2 Å². The molecule has 1 aromatic rings. The van der Waals surface area contributed by atoms with Gasteiger partial charge in [-0.15, -0.1) is 0 Å². The summed E-state index contributed by atoms with van der Waals surface area (Å²) >= 11 is 0. The lowest BCUT2D eigenvalue weighted by Gasteiger charge is -2.38. The standard InChI is InChI=1S/C24H35F3O/c1-2-3-4-18-5-9-20(10-6-18)21-11-7-19(8-12-21)17-28-23-15-13-22(14-16-23)24(25,26)27/h13-16,18-21H,2-12,17H2,1H3/t18-,19?,20-,21?. The van der Waals surface area contributed by atoms with E-state index in [1.165, 1.54) is 82.8 Å². The van der Waals surface area contributed by atoms with Crippen LogP contribution in [0.3, 0.4) is 0 Å². The summed E-state index contributed by atoms with van der Waals surface area (Å²) in [4.78, 5) is 0. The summed E-state index contributed by atoms with van der Waals surface area (Å²) in [5.74, 6) is 3.87. The number of rotatable bonds is 7. The minimum absolute atomic E-state index is 0.541. The van der Waals surface area contributed by atoms with E-state index in [0.717, 1.165) is 29.9 Å². The number of hydrogen-bond acceptors (Lipinski definition) is 1. The van der Waals surface area contributed by atoms with Gasteiger partial charge in [-0.2, -0.15) is 13.2 Å². The molecule has 2 saturated carbocycles. The van der Waals surface area contributed by atoms with Crippen molar-refractivity contribution in [3.05, 3.63) is 29.8 Å². The first kappa shape index (κ1) is 21.5. The smallest absolute Gasteiger partial charge is 0.416 e. The van der Waals surface area contributed by atoms with Crippen molar-refractivity contribution in [3.8, 4) is 5.75 Å². The van der Waals surface area contributed by atoms with Crippen LogP contribution < -0.4 is 4.74 Å². The van der Waals surface area contributed by atoms with Gasteiger partial charge in [0.25, 0.3) is 0 Å². The molecule has 0 aromatic heterocycles. The predicted molar refractivity (Wildman–Crippen MR) is 107 cm³/mol. The van der Waals surface area contributed by atoms with Crippen molar-refractivity contribution in [1.29, 1.82) is 0 Å². The summed E-state index contributed by atoms with van der Waals surface area (Å²) in [6.45, 7) is 2.91. The van der Waals surface area contributed by atoms with Crippen molar-refractivity contribution in [2.24, 2.45) is 23.7 Å². The van der Waals surface area contributed by atoms with Crippen molar-refractivity contribution in [2.75, 3.05) is 6.61 Å². The molecule has 2 aliphatic carbocycles. The van der Waals surface area contributed by atoms with Gasteiger partial charge in [0, 0.05) is 0 Å². The molecular formula is C24H35F3O.